The van der Waals surface area contributed by atoms with E-state index in [2.05, 4.69) is 10.3 Å². The Bertz CT molecular complexity index is 696. The number of carbonyl (C=O) groups is 1. The Labute approximate surface area is 129 Å². The summed E-state index contributed by atoms with van der Waals surface area (Å²) in [6.45, 7) is 1.87. The monoisotopic (exact) mass is 298 g/mol. The molecule has 114 valence electrons. The van der Waals surface area contributed by atoms with Crippen molar-refractivity contribution in [2.24, 2.45) is 0 Å². The number of hydrogen-bond donors (Lipinski definition) is 1. The molecule has 1 aromatic carbocycles. The van der Waals surface area contributed by atoms with Crippen molar-refractivity contribution in [3.05, 3.63) is 53.7 Å². The van der Waals surface area contributed by atoms with Crippen LogP contribution in [0.4, 0.5) is 5.82 Å². The third kappa shape index (κ3) is 4.09. The van der Waals surface area contributed by atoms with Crippen LogP contribution in [0.1, 0.15) is 11.3 Å². The SMILES string of the molecule is COc1ccc(C=CC(=O)Nc2cccc(C)n2)c(OC)c1. The summed E-state index contributed by atoms with van der Waals surface area (Å²) in [7, 11) is 3.16. The summed E-state index contributed by atoms with van der Waals surface area (Å²) < 4.78 is 10.4. The number of rotatable bonds is 5. The van der Waals surface area contributed by atoms with E-state index in [1.165, 1.54) is 6.08 Å². The van der Waals surface area contributed by atoms with E-state index in [0.29, 0.717) is 17.3 Å². The van der Waals surface area contributed by atoms with Crippen molar-refractivity contribution in [2.75, 3.05) is 19.5 Å². The number of hydrogen-bond acceptors (Lipinski definition) is 4. The third-order valence-electron chi connectivity index (χ3n) is 2.99. The third-order valence-corrected chi connectivity index (χ3v) is 2.99. The lowest BCUT2D eigenvalue weighted by molar-refractivity contribution is -0.111. The van der Waals surface area contributed by atoms with Crippen LogP contribution in [0.25, 0.3) is 6.08 Å². The first-order valence-electron chi connectivity index (χ1n) is 6.77. The van der Waals surface area contributed by atoms with Gasteiger partial charge in [-0.15, -0.1) is 0 Å². The summed E-state index contributed by atoms with van der Waals surface area (Å²) in [5.41, 5.74) is 1.63. The van der Waals surface area contributed by atoms with Crippen LogP contribution < -0.4 is 14.8 Å². The topological polar surface area (TPSA) is 60.5 Å². The molecule has 1 amide bonds. The van der Waals surface area contributed by atoms with Gasteiger partial charge in [0.2, 0.25) is 5.91 Å². The second-order valence-electron chi connectivity index (χ2n) is 4.59. The Hall–Kier alpha value is -2.82. The number of nitrogens with one attached hydrogen (secondary N) is 1. The van der Waals surface area contributed by atoms with Gasteiger partial charge in [-0.2, -0.15) is 0 Å². The molecule has 5 nitrogen and oxygen atoms in total. The van der Waals surface area contributed by atoms with Crippen LogP contribution in [0.3, 0.4) is 0 Å². The van der Waals surface area contributed by atoms with Crippen LogP contribution in [0.15, 0.2) is 42.5 Å². The number of carbonyl (C=O) groups excluding carboxylic acids is 1. The number of benzene rings is 1. The summed E-state index contributed by atoms with van der Waals surface area (Å²) in [6.07, 6.45) is 3.12. The van der Waals surface area contributed by atoms with Gasteiger partial charge in [0.25, 0.3) is 0 Å². The zero-order valence-corrected chi connectivity index (χ0v) is 12.8. The normalized spacial score (nSPS) is 10.5. The van der Waals surface area contributed by atoms with Crippen LogP contribution in [-0.4, -0.2) is 25.1 Å². The quantitative estimate of drug-likeness (QED) is 0.862. The zero-order chi connectivity index (χ0) is 15.9. The fourth-order valence-electron chi connectivity index (χ4n) is 1.90. The van der Waals surface area contributed by atoms with Gasteiger partial charge >= 0.3 is 0 Å². The maximum Gasteiger partial charge on any atom is 0.249 e. The first-order chi connectivity index (χ1) is 10.6. The lowest BCUT2D eigenvalue weighted by atomic mass is 10.1. The molecule has 0 unspecified atom stereocenters. The lowest BCUT2D eigenvalue weighted by Crippen LogP contribution is -2.09. The van der Waals surface area contributed by atoms with Gasteiger partial charge in [-0.1, -0.05) is 6.07 Å². The Morgan fingerprint density at radius 3 is 2.68 bits per heavy atom. The van der Waals surface area contributed by atoms with Crippen LogP contribution in [-0.2, 0) is 4.79 Å². The maximum atomic E-state index is 11.9. The van der Waals surface area contributed by atoms with Crippen molar-refractivity contribution in [1.29, 1.82) is 0 Å². The number of amides is 1. The second kappa shape index (κ2) is 7.26. The molecule has 0 aliphatic rings. The van der Waals surface area contributed by atoms with Crippen molar-refractivity contribution in [3.8, 4) is 11.5 Å². The van der Waals surface area contributed by atoms with E-state index < -0.39 is 0 Å². The van der Waals surface area contributed by atoms with Gasteiger partial charge in [-0.05, 0) is 37.3 Å². The number of pyridine rings is 1. The minimum Gasteiger partial charge on any atom is -0.497 e. The molecule has 1 heterocycles. The lowest BCUT2D eigenvalue weighted by Gasteiger charge is -2.07. The van der Waals surface area contributed by atoms with E-state index in [4.69, 9.17) is 9.47 Å². The fourth-order valence-corrected chi connectivity index (χ4v) is 1.90. The van der Waals surface area contributed by atoms with Crippen molar-refractivity contribution >= 4 is 17.8 Å². The molecular formula is C17H18N2O3. The fraction of sp³-hybridized carbons (Fsp3) is 0.176. The summed E-state index contributed by atoms with van der Waals surface area (Å²) in [4.78, 5) is 16.1. The summed E-state index contributed by atoms with van der Waals surface area (Å²) >= 11 is 0. The minimum atomic E-state index is -0.254. The van der Waals surface area contributed by atoms with Gasteiger partial charge < -0.3 is 14.8 Å². The second-order valence-corrected chi connectivity index (χ2v) is 4.59. The molecule has 0 fully saturated rings. The zero-order valence-electron chi connectivity index (χ0n) is 12.8. The molecule has 0 atom stereocenters. The van der Waals surface area contributed by atoms with Gasteiger partial charge in [0.15, 0.2) is 0 Å². The first kappa shape index (κ1) is 15.6. The molecule has 2 rings (SSSR count). The predicted octanol–water partition coefficient (Wildman–Crippen LogP) is 3.06. The number of aryl methyl sites for hydroxylation is 1. The van der Waals surface area contributed by atoms with E-state index in [-0.39, 0.29) is 5.91 Å². The van der Waals surface area contributed by atoms with Gasteiger partial charge in [0.1, 0.15) is 17.3 Å². The Kier molecular flexibility index (Phi) is 5.14. The van der Waals surface area contributed by atoms with Crippen LogP contribution >= 0.6 is 0 Å². The molecule has 0 bridgehead atoms. The molecular weight excluding hydrogens is 280 g/mol. The van der Waals surface area contributed by atoms with Gasteiger partial charge in [0.05, 0.1) is 14.2 Å². The summed E-state index contributed by atoms with van der Waals surface area (Å²) in [6, 6.07) is 10.9. The molecule has 0 saturated carbocycles. The molecule has 5 heteroatoms. The molecule has 0 aliphatic carbocycles. The highest BCUT2D eigenvalue weighted by Gasteiger charge is 2.04. The van der Waals surface area contributed by atoms with Gasteiger partial charge in [-0.25, -0.2) is 4.98 Å². The maximum absolute atomic E-state index is 11.9. The number of aromatic nitrogens is 1. The molecule has 22 heavy (non-hydrogen) atoms. The number of nitrogens with zero attached hydrogens (tertiary/aromatic N) is 1. The number of ether oxygens (including phenoxy) is 2. The molecule has 0 aliphatic heterocycles. The standard InChI is InChI=1S/C17H18N2O3/c1-12-5-4-6-16(18-12)19-17(20)10-8-13-7-9-14(21-2)11-15(13)22-3/h4-11H,1-3H3,(H,18,19,20). The van der Waals surface area contributed by atoms with E-state index in [0.717, 1.165) is 11.3 Å². The Balaban J connectivity index is 2.09. The largest absolute Gasteiger partial charge is 0.497 e. The summed E-state index contributed by atoms with van der Waals surface area (Å²) in [5.74, 6) is 1.60. The van der Waals surface area contributed by atoms with Crippen molar-refractivity contribution < 1.29 is 14.3 Å². The van der Waals surface area contributed by atoms with E-state index in [1.807, 2.05) is 31.2 Å². The van der Waals surface area contributed by atoms with Crippen LogP contribution in [0.2, 0.25) is 0 Å². The number of anilines is 1. The van der Waals surface area contributed by atoms with E-state index >= 15 is 0 Å². The highest BCUT2D eigenvalue weighted by Crippen LogP contribution is 2.25. The Morgan fingerprint density at radius 2 is 2.00 bits per heavy atom. The highest BCUT2D eigenvalue weighted by molar-refractivity contribution is 6.01. The van der Waals surface area contributed by atoms with Gasteiger partial charge in [-0.3, -0.25) is 4.79 Å². The van der Waals surface area contributed by atoms with Crippen molar-refractivity contribution in [3.63, 3.8) is 0 Å². The molecule has 1 aromatic heterocycles. The minimum absolute atomic E-state index is 0.254. The number of methoxy groups -OCH3 is 2. The first-order valence-corrected chi connectivity index (χ1v) is 6.77. The van der Waals surface area contributed by atoms with E-state index in [9.17, 15) is 4.79 Å². The molecule has 1 N–H and O–H groups in total. The predicted molar refractivity (Wildman–Crippen MR) is 86.2 cm³/mol. The van der Waals surface area contributed by atoms with Crippen molar-refractivity contribution in [2.45, 2.75) is 6.92 Å². The van der Waals surface area contributed by atoms with Gasteiger partial charge in [0, 0.05) is 23.4 Å². The van der Waals surface area contributed by atoms with Crippen LogP contribution in [0.5, 0.6) is 11.5 Å². The highest BCUT2D eigenvalue weighted by atomic mass is 16.5. The average Bonchev–Trinajstić information content (AvgIpc) is 2.52. The molecule has 0 saturated heterocycles. The van der Waals surface area contributed by atoms with Crippen molar-refractivity contribution in [1.82, 2.24) is 4.98 Å². The smallest absolute Gasteiger partial charge is 0.249 e. The van der Waals surface area contributed by atoms with E-state index in [1.54, 1.807) is 32.4 Å². The molecule has 0 spiro atoms. The molecule has 2 aromatic rings. The average molecular weight is 298 g/mol. The van der Waals surface area contributed by atoms with Crippen LogP contribution in [0, 0.1) is 6.92 Å². The summed E-state index contributed by atoms with van der Waals surface area (Å²) in [5, 5.41) is 2.71. The molecule has 0 radical (unpaired) electrons. The Morgan fingerprint density at radius 1 is 1.18 bits per heavy atom.